The van der Waals surface area contributed by atoms with Crippen molar-refractivity contribution >= 4 is 71.2 Å². The maximum Gasteiger partial charge on any atom is 0.0541 e. The van der Waals surface area contributed by atoms with Gasteiger partial charge in [0.2, 0.25) is 0 Å². The van der Waals surface area contributed by atoms with E-state index < -0.39 is 0 Å². The van der Waals surface area contributed by atoms with Crippen LogP contribution < -0.4 is 4.90 Å². The molecule has 290 valence electrons. The standard InChI is InChI=1S/C60H40N2/c1-2-20-47(21-3-1)62-58-28-9-8-24-55(58)56-40-46(34-39-59(56)62)54-27-12-19-45-18-11-26-53(60(45)54)44-32-37-49(38-33-44)61(57-29-13-17-42-15-5-7-23-52(42)57)48-35-30-43(31-36-48)51-25-10-16-41-14-4-6-22-50(41)51/h1-40H. The van der Waals surface area contributed by atoms with Crippen LogP contribution in [-0.4, -0.2) is 4.57 Å². The van der Waals surface area contributed by atoms with Crippen LogP contribution in [0.1, 0.15) is 0 Å². The second kappa shape index (κ2) is 14.8. The summed E-state index contributed by atoms with van der Waals surface area (Å²) >= 11 is 0. The van der Waals surface area contributed by atoms with Crippen LogP contribution in [0, 0.1) is 0 Å². The molecule has 11 aromatic carbocycles. The van der Waals surface area contributed by atoms with E-state index in [0.29, 0.717) is 0 Å². The van der Waals surface area contributed by atoms with E-state index in [9.17, 15) is 0 Å². The molecule has 1 aromatic heterocycles. The monoisotopic (exact) mass is 788 g/mol. The lowest BCUT2D eigenvalue weighted by molar-refractivity contribution is 1.18. The zero-order valence-electron chi connectivity index (χ0n) is 34.0. The van der Waals surface area contributed by atoms with E-state index in [1.54, 1.807) is 0 Å². The number of aromatic nitrogens is 1. The Kier molecular flexibility index (Phi) is 8.53. The molecule has 2 heteroatoms. The van der Waals surface area contributed by atoms with E-state index in [-0.39, 0.29) is 0 Å². The number of hydrogen-bond acceptors (Lipinski definition) is 1. The van der Waals surface area contributed by atoms with Gasteiger partial charge in [-0.1, -0.05) is 182 Å². The minimum Gasteiger partial charge on any atom is -0.310 e. The Morgan fingerprint density at radius 1 is 0.290 bits per heavy atom. The zero-order chi connectivity index (χ0) is 41.0. The second-order valence-corrected chi connectivity index (χ2v) is 16.1. The molecule has 0 aliphatic heterocycles. The Morgan fingerprint density at radius 2 is 0.774 bits per heavy atom. The predicted molar refractivity (Wildman–Crippen MR) is 264 cm³/mol. The molecule has 0 amide bonds. The van der Waals surface area contributed by atoms with Crippen LogP contribution in [0.5, 0.6) is 0 Å². The molecule has 12 aromatic rings. The highest BCUT2D eigenvalue weighted by Gasteiger charge is 2.19. The van der Waals surface area contributed by atoms with Gasteiger partial charge in [-0.2, -0.15) is 0 Å². The third-order valence-corrected chi connectivity index (χ3v) is 12.6. The van der Waals surface area contributed by atoms with E-state index in [1.807, 2.05) is 0 Å². The molecule has 0 saturated carbocycles. The molecule has 1 heterocycles. The Hall–Kier alpha value is -8.20. The highest BCUT2D eigenvalue weighted by molar-refractivity contribution is 6.13. The van der Waals surface area contributed by atoms with E-state index in [0.717, 1.165) is 17.1 Å². The van der Waals surface area contributed by atoms with Gasteiger partial charge >= 0.3 is 0 Å². The molecule has 0 aliphatic carbocycles. The van der Waals surface area contributed by atoms with Gasteiger partial charge in [0.1, 0.15) is 0 Å². The fourth-order valence-corrected chi connectivity index (χ4v) is 9.71. The summed E-state index contributed by atoms with van der Waals surface area (Å²) in [5.74, 6) is 0. The number of benzene rings is 11. The smallest absolute Gasteiger partial charge is 0.0541 e. The molecule has 0 atom stereocenters. The number of para-hydroxylation sites is 2. The van der Waals surface area contributed by atoms with Crippen molar-refractivity contribution < 1.29 is 0 Å². The van der Waals surface area contributed by atoms with Crippen molar-refractivity contribution in [2.24, 2.45) is 0 Å². The van der Waals surface area contributed by atoms with Gasteiger partial charge in [-0.15, -0.1) is 0 Å². The summed E-state index contributed by atoms with van der Waals surface area (Å²) < 4.78 is 2.38. The summed E-state index contributed by atoms with van der Waals surface area (Å²) in [6.07, 6.45) is 0. The molecule has 0 spiro atoms. The number of fused-ring (bicyclic) bond motifs is 6. The van der Waals surface area contributed by atoms with Gasteiger partial charge in [0, 0.05) is 33.2 Å². The lowest BCUT2D eigenvalue weighted by Gasteiger charge is -2.27. The summed E-state index contributed by atoms with van der Waals surface area (Å²) in [5, 5.41) is 9.91. The number of rotatable bonds is 7. The van der Waals surface area contributed by atoms with E-state index in [2.05, 4.69) is 252 Å². The second-order valence-electron chi connectivity index (χ2n) is 16.1. The first-order valence-corrected chi connectivity index (χ1v) is 21.3. The minimum absolute atomic E-state index is 1.10. The molecule has 12 rings (SSSR count). The summed E-state index contributed by atoms with van der Waals surface area (Å²) in [7, 11) is 0. The van der Waals surface area contributed by atoms with Crippen LogP contribution in [0.2, 0.25) is 0 Å². The van der Waals surface area contributed by atoms with Crippen molar-refractivity contribution in [1.82, 2.24) is 4.57 Å². The third kappa shape index (κ3) is 5.96. The highest BCUT2D eigenvalue weighted by atomic mass is 15.1. The van der Waals surface area contributed by atoms with Crippen LogP contribution in [0.4, 0.5) is 17.1 Å². The minimum atomic E-state index is 1.10. The van der Waals surface area contributed by atoms with E-state index in [4.69, 9.17) is 0 Å². The van der Waals surface area contributed by atoms with Gasteiger partial charge in [-0.3, -0.25) is 0 Å². The summed E-state index contributed by atoms with van der Waals surface area (Å²) in [6.45, 7) is 0. The molecule has 0 unspecified atom stereocenters. The van der Waals surface area contributed by atoms with Crippen LogP contribution in [-0.2, 0) is 0 Å². The maximum absolute atomic E-state index is 2.40. The maximum atomic E-state index is 2.40. The summed E-state index contributed by atoms with van der Waals surface area (Å²) in [5.41, 5.74) is 14.2. The summed E-state index contributed by atoms with van der Waals surface area (Å²) in [6, 6.07) is 88.4. The first-order chi connectivity index (χ1) is 30.8. The first kappa shape index (κ1) is 35.7. The molecule has 0 aliphatic rings. The number of hydrogen-bond donors (Lipinski definition) is 0. The molecular formula is C60H40N2. The zero-order valence-corrected chi connectivity index (χ0v) is 34.0. The van der Waals surface area contributed by atoms with Crippen LogP contribution >= 0.6 is 0 Å². The van der Waals surface area contributed by atoms with Crippen LogP contribution in [0.15, 0.2) is 243 Å². The lowest BCUT2D eigenvalue weighted by atomic mass is 9.91. The van der Waals surface area contributed by atoms with Crippen LogP contribution in [0.25, 0.3) is 93.2 Å². The molecule has 0 saturated heterocycles. The van der Waals surface area contributed by atoms with Crippen molar-refractivity contribution in [2.75, 3.05) is 4.90 Å². The van der Waals surface area contributed by atoms with E-state index >= 15 is 0 Å². The van der Waals surface area contributed by atoms with E-state index in [1.165, 1.54) is 93.2 Å². The van der Waals surface area contributed by atoms with Gasteiger partial charge in [0.05, 0.1) is 16.7 Å². The van der Waals surface area contributed by atoms with Gasteiger partial charge in [0.25, 0.3) is 0 Å². The quantitative estimate of drug-likeness (QED) is 0.156. The molecule has 62 heavy (non-hydrogen) atoms. The van der Waals surface area contributed by atoms with Gasteiger partial charge in [-0.25, -0.2) is 0 Å². The summed E-state index contributed by atoms with van der Waals surface area (Å²) in [4.78, 5) is 2.40. The van der Waals surface area contributed by atoms with Crippen molar-refractivity contribution in [3.63, 3.8) is 0 Å². The average Bonchev–Trinajstić information content (AvgIpc) is 3.68. The predicted octanol–water partition coefficient (Wildman–Crippen LogP) is 16.7. The fraction of sp³-hybridized carbons (Fsp3) is 0. The van der Waals surface area contributed by atoms with Crippen molar-refractivity contribution in [2.45, 2.75) is 0 Å². The van der Waals surface area contributed by atoms with Crippen molar-refractivity contribution in [3.8, 4) is 39.1 Å². The molecular weight excluding hydrogens is 749 g/mol. The third-order valence-electron chi connectivity index (χ3n) is 12.6. The van der Waals surface area contributed by atoms with Gasteiger partial charge < -0.3 is 9.47 Å². The molecule has 2 nitrogen and oxygen atoms in total. The lowest BCUT2D eigenvalue weighted by Crippen LogP contribution is -2.10. The Balaban J connectivity index is 0.972. The van der Waals surface area contributed by atoms with Gasteiger partial charge in [-0.05, 0) is 121 Å². The SMILES string of the molecule is c1ccc(-n2c3ccccc3c3cc(-c4cccc5cccc(-c6ccc(N(c7ccc(-c8cccc9ccccc89)cc7)c7cccc8ccccc78)cc6)c45)ccc32)cc1. The first-order valence-electron chi connectivity index (χ1n) is 21.3. The van der Waals surface area contributed by atoms with Crippen molar-refractivity contribution in [1.29, 1.82) is 0 Å². The average molecular weight is 789 g/mol. The largest absolute Gasteiger partial charge is 0.310 e. The Morgan fingerprint density at radius 3 is 1.48 bits per heavy atom. The molecule has 0 radical (unpaired) electrons. The van der Waals surface area contributed by atoms with Gasteiger partial charge in [0.15, 0.2) is 0 Å². The number of nitrogens with zero attached hydrogens (tertiary/aromatic N) is 2. The van der Waals surface area contributed by atoms with Crippen LogP contribution in [0.3, 0.4) is 0 Å². The molecule has 0 bridgehead atoms. The number of anilines is 3. The topological polar surface area (TPSA) is 8.17 Å². The fourth-order valence-electron chi connectivity index (χ4n) is 9.71. The highest BCUT2D eigenvalue weighted by Crippen LogP contribution is 2.43. The normalized spacial score (nSPS) is 11.5. The Bertz CT molecular complexity index is 3600. The Labute approximate surface area is 360 Å². The molecule has 0 N–H and O–H groups in total. The molecule has 0 fully saturated rings. The van der Waals surface area contributed by atoms with Crippen molar-refractivity contribution in [3.05, 3.63) is 243 Å².